The summed E-state index contributed by atoms with van der Waals surface area (Å²) in [6.07, 6.45) is 0. The van der Waals surface area contributed by atoms with E-state index in [1.807, 2.05) is 0 Å². The Morgan fingerprint density at radius 3 is 1.46 bits per heavy atom. The van der Waals surface area contributed by atoms with Crippen LogP contribution in [-0.2, 0) is 9.59 Å². The standard InChI is InChI=1S/C18H16N4O4/c19-7-13(23)21-11-5-6-12(22-14(24)8-20)16-15(11)17(25)9-3-1-2-4-10(9)18(16)26/h1-6H,7-8,19-20H2,(H,21,23)(H,22,24). The molecule has 0 atom stereocenters. The van der Waals surface area contributed by atoms with E-state index >= 15 is 0 Å². The number of amides is 2. The summed E-state index contributed by atoms with van der Waals surface area (Å²) in [5, 5.41) is 5.04. The minimum Gasteiger partial charge on any atom is -0.324 e. The van der Waals surface area contributed by atoms with Gasteiger partial charge in [0.05, 0.1) is 35.6 Å². The van der Waals surface area contributed by atoms with E-state index in [2.05, 4.69) is 10.6 Å². The van der Waals surface area contributed by atoms with Crippen molar-refractivity contribution < 1.29 is 19.2 Å². The molecule has 0 saturated carbocycles. The molecule has 26 heavy (non-hydrogen) atoms. The molecule has 8 nitrogen and oxygen atoms in total. The highest BCUT2D eigenvalue weighted by Gasteiger charge is 2.34. The van der Waals surface area contributed by atoms with E-state index in [0.29, 0.717) is 0 Å². The first-order chi connectivity index (χ1) is 12.5. The number of benzene rings is 2. The van der Waals surface area contributed by atoms with Crippen LogP contribution in [0.15, 0.2) is 36.4 Å². The van der Waals surface area contributed by atoms with Gasteiger partial charge in [0.25, 0.3) is 0 Å². The summed E-state index contributed by atoms with van der Waals surface area (Å²) in [4.78, 5) is 49.3. The van der Waals surface area contributed by atoms with Gasteiger partial charge in [0.15, 0.2) is 11.6 Å². The molecule has 0 bridgehead atoms. The molecule has 0 heterocycles. The zero-order chi connectivity index (χ0) is 18.8. The van der Waals surface area contributed by atoms with Crippen LogP contribution in [0.5, 0.6) is 0 Å². The monoisotopic (exact) mass is 352 g/mol. The van der Waals surface area contributed by atoms with Gasteiger partial charge < -0.3 is 22.1 Å². The molecule has 0 fully saturated rings. The first-order valence-corrected chi connectivity index (χ1v) is 7.83. The molecule has 0 saturated heterocycles. The molecule has 2 amide bonds. The average Bonchev–Trinajstić information content (AvgIpc) is 2.66. The second-order valence-corrected chi connectivity index (χ2v) is 5.62. The predicted octanol–water partition coefficient (Wildman–Crippen LogP) is 0.256. The summed E-state index contributed by atoms with van der Waals surface area (Å²) in [6, 6.07) is 9.26. The number of nitrogens with one attached hydrogen (secondary N) is 2. The van der Waals surface area contributed by atoms with Crippen LogP contribution < -0.4 is 22.1 Å². The minimum absolute atomic E-state index is 0.0188. The van der Waals surface area contributed by atoms with Crippen molar-refractivity contribution in [3.05, 3.63) is 58.7 Å². The van der Waals surface area contributed by atoms with Crippen LogP contribution in [0.4, 0.5) is 11.4 Å². The SMILES string of the molecule is NCC(=O)Nc1ccc(NC(=O)CN)c2c1C(=O)c1ccccc1C2=O. The van der Waals surface area contributed by atoms with Crippen molar-refractivity contribution in [2.24, 2.45) is 11.5 Å². The van der Waals surface area contributed by atoms with Crippen LogP contribution in [0.25, 0.3) is 0 Å². The fourth-order valence-electron chi connectivity index (χ4n) is 2.83. The third-order valence-corrected chi connectivity index (χ3v) is 3.99. The molecule has 6 N–H and O–H groups in total. The summed E-state index contributed by atoms with van der Waals surface area (Å²) in [5.41, 5.74) is 11.5. The molecule has 132 valence electrons. The van der Waals surface area contributed by atoms with Crippen molar-refractivity contribution in [2.45, 2.75) is 0 Å². The summed E-state index contributed by atoms with van der Waals surface area (Å²) in [7, 11) is 0. The van der Waals surface area contributed by atoms with Gasteiger partial charge in [-0.15, -0.1) is 0 Å². The van der Waals surface area contributed by atoms with Gasteiger partial charge in [-0.05, 0) is 12.1 Å². The number of anilines is 2. The van der Waals surface area contributed by atoms with Crippen LogP contribution in [-0.4, -0.2) is 36.5 Å². The number of hydrogen-bond acceptors (Lipinski definition) is 6. The van der Waals surface area contributed by atoms with E-state index in [9.17, 15) is 19.2 Å². The Kier molecular flexibility index (Phi) is 4.61. The first kappa shape index (κ1) is 17.5. The third kappa shape index (κ3) is 2.87. The van der Waals surface area contributed by atoms with Gasteiger partial charge >= 0.3 is 0 Å². The maximum absolute atomic E-state index is 13.0. The van der Waals surface area contributed by atoms with Crippen molar-refractivity contribution >= 4 is 34.8 Å². The van der Waals surface area contributed by atoms with Crippen molar-refractivity contribution in [1.82, 2.24) is 0 Å². The lowest BCUT2D eigenvalue weighted by molar-refractivity contribution is -0.115. The van der Waals surface area contributed by atoms with Crippen molar-refractivity contribution in [1.29, 1.82) is 0 Å². The van der Waals surface area contributed by atoms with Crippen molar-refractivity contribution in [3.8, 4) is 0 Å². The highest BCUT2D eigenvalue weighted by molar-refractivity contribution is 6.32. The molecular formula is C18H16N4O4. The Hall–Kier alpha value is -3.36. The van der Waals surface area contributed by atoms with Crippen LogP contribution >= 0.6 is 0 Å². The number of fused-ring (bicyclic) bond motifs is 2. The molecule has 3 rings (SSSR count). The van der Waals surface area contributed by atoms with E-state index in [0.717, 1.165) is 0 Å². The Morgan fingerprint density at radius 1 is 0.731 bits per heavy atom. The van der Waals surface area contributed by atoms with Gasteiger partial charge in [0.2, 0.25) is 11.8 Å². The second-order valence-electron chi connectivity index (χ2n) is 5.62. The molecule has 8 heteroatoms. The Balaban J connectivity index is 2.23. The third-order valence-electron chi connectivity index (χ3n) is 3.99. The van der Waals surface area contributed by atoms with Gasteiger partial charge in [0.1, 0.15) is 0 Å². The van der Waals surface area contributed by atoms with Crippen LogP contribution in [0.3, 0.4) is 0 Å². The fraction of sp³-hybridized carbons (Fsp3) is 0.111. The summed E-state index contributed by atoms with van der Waals surface area (Å²) in [6.45, 7) is -0.557. The number of rotatable bonds is 4. The molecule has 0 aliphatic heterocycles. The van der Waals surface area contributed by atoms with Crippen molar-refractivity contribution in [2.75, 3.05) is 23.7 Å². The lowest BCUT2D eigenvalue weighted by atomic mass is 9.82. The van der Waals surface area contributed by atoms with Gasteiger partial charge in [-0.3, -0.25) is 19.2 Å². The lowest BCUT2D eigenvalue weighted by Crippen LogP contribution is -2.29. The lowest BCUT2D eigenvalue weighted by Gasteiger charge is -2.23. The number of carbonyl (C=O) groups is 4. The Morgan fingerprint density at radius 2 is 1.12 bits per heavy atom. The smallest absolute Gasteiger partial charge is 0.238 e. The van der Waals surface area contributed by atoms with Crippen LogP contribution in [0.1, 0.15) is 31.8 Å². The van der Waals surface area contributed by atoms with E-state index in [-0.39, 0.29) is 46.7 Å². The Bertz CT molecular complexity index is 876. The molecule has 0 aromatic heterocycles. The van der Waals surface area contributed by atoms with Crippen molar-refractivity contribution in [3.63, 3.8) is 0 Å². The highest BCUT2D eigenvalue weighted by atomic mass is 16.2. The van der Waals surface area contributed by atoms with Gasteiger partial charge in [-0.2, -0.15) is 0 Å². The van der Waals surface area contributed by atoms with Gasteiger partial charge in [-0.25, -0.2) is 0 Å². The summed E-state index contributed by atoms with van der Waals surface area (Å²) >= 11 is 0. The highest BCUT2D eigenvalue weighted by Crippen LogP contribution is 2.36. The molecule has 1 aliphatic rings. The summed E-state index contributed by atoms with van der Waals surface area (Å²) in [5.74, 6) is -1.87. The normalized spacial score (nSPS) is 12.2. The maximum Gasteiger partial charge on any atom is 0.238 e. The zero-order valence-electron chi connectivity index (χ0n) is 13.7. The number of ketones is 2. The molecule has 2 aromatic carbocycles. The number of carbonyl (C=O) groups excluding carboxylic acids is 4. The Labute approximate surface area is 148 Å². The van der Waals surface area contributed by atoms with E-state index in [4.69, 9.17) is 11.5 Å². The summed E-state index contributed by atoms with van der Waals surface area (Å²) < 4.78 is 0. The second kappa shape index (κ2) is 6.87. The largest absolute Gasteiger partial charge is 0.324 e. The van der Waals surface area contributed by atoms with Crippen LogP contribution in [0.2, 0.25) is 0 Å². The average molecular weight is 352 g/mol. The van der Waals surface area contributed by atoms with E-state index in [1.54, 1.807) is 12.1 Å². The predicted molar refractivity (Wildman–Crippen MR) is 95.1 cm³/mol. The van der Waals surface area contributed by atoms with Crippen LogP contribution in [0, 0.1) is 0 Å². The maximum atomic E-state index is 13.0. The zero-order valence-corrected chi connectivity index (χ0v) is 13.7. The number of hydrogen-bond donors (Lipinski definition) is 4. The van der Waals surface area contributed by atoms with E-state index in [1.165, 1.54) is 24.3 Å². The fourth-order valence-corrected chi connectivity index (χ4v) is 2.83. The molecule has 2 aromatic rings. The topological polar surface area (TPSA) is 144 Å². The quantitative estimate of drug-likeness (QED) is 0.530. The van der Waals surface area contributed by atoms with Gasteiger partial charge in [0, 0.05) is 11.1 Å². The molecular weight excluding hydrogens is 336 g/mol. The molecule has 1 aliphatic carbocycles. The number of nitrogens with two attached hydrogens (primary N) is 2. The van der Waals surface area contributed by atoms with E-state index < -0.39 is 23.4 Å². The molecule has 0 radical (unpaired) electrons. The molecule has 0 spiro atoms. The first-order valence-electron chi connectivity index (χ1n) is 7.83. The van der Waals surface area contributed by atoms with Gasteiger partial charge in [-0.1, -0.05) is 24.3 Å². The molecule has 0 unspecified atom stereocenters. The minimum atomic E-state index is -0.509.